The number of piperidine rings is 1. The minimum absolute atomic E-state index is 0.0739. The number of nitrogens with two attached hydrogens (primary N) is 1. The Morgan fingerprint density at radius 2 is 1.84 bits per heavy atom. The zero-order chi connectivity index (χ0) is 14.3. The molecule has 7 nitrogen and oxygen atoms in total. The van der Waals surface area contributed by atoms with E-state index in [0.717, 1.165) is 12.8 Å². The number of ether oxygens (including phenoxy) is 2. The Balaban J connectivity index is 2.72. The molecule has 1 unspecified atom stereocenters. The van der Waals surface area contributed by atoms with Crippen molar-refractivity contribution in [1.29, 1.82) is 0 Å². The van der Waals surface area contributed by atoms with Gasteiger partial charge in [0.25, 0.3) is 10.2 Å². The lowest BCUT2D eigenvalue weighted by Gasteiger charge is -2.34. The largest absolute Gasteiger partial charge is 0.383 e. The number of rotatable bonds is 8. The van der Waals surface area contributed by atoms with E-state index in [0.29, 0.717) is 39.4 Å². The van der Waals surface area contributed by atoms with Crippen molar-refractivity contribution in [2.24, 2.45) is 5.73 Å². The highest BCUT2D eigenvalue weighted by atomic mass is 32.2. The highest BCUT2D eigenvalue weighted by Gasteiger charge is 2.32. The number of methoxy groups -OCH3 is 2. The molecule has 19 heavy (non-hydrogen) atoms. The summed E-state index contributed by atoms with van der Waals surface area (Å²) in [5, 5.41) is 0. The lowest BCUT2D eigenvalue weighted by Crippen LogP contribution is -2.52. The second-order valence-corrected chi connectivity index (χ2v) is 6.58. The Bertz CT molecular complexity index is 342. The zero-order valence-electron chi connectivity index (χ0n) is 11.7. The van der Waals surface area contributed by atoms with Gasteiger partial charge in [0, 0.05) is 46.4 Å². The number of hydrogen-bond donors (Lipinski definition) is 1. The smallest absolute Gasteiger partial charge is 0.282 e. The van der Waals surface area contributed by atoms with Crippen molar-refractivity contribution >= 4 is 10.2 Å². The van der Waals surface area contributed by atoms with Crippen LogP contribution in [0.15, 0.2) is 0 Å². The molecule has 1 fully saturated rings. The van der Waals surface area contributed by atoms with Crippen LogP contribution in [-0.2, 0) is 19.7 Å². The van der Waals surface area contributed by atoms with Crippen molar-refractivity contribution in [2.75, 3.05) is 53.6 Å². The lowest BCUT2D eigenvalue weighted by molar-refractivity contribution is 0.145. The molecule has 0 radical (unpaired) electrons. The van der Waals surface area contributed by atoms with Crippen LogP contribution in [0, 0.1) is 0 Å². The summed E-state index contributed by atoms with van der Waals surface area (Å²) in [6.07, 6.45) is 1.69. The summed E-state index contributed by atoms with van der Waals surface area (Å²) >= 11 is 0. The van der Waals surface area contributed by atoms with E-state index < -0.39 is 10.2 Å². The third-order valence-electron chi connectivity index (χ3n) is 3.16. The quantitative estimate of drug-likeness (QED) is 0.637. The molecule has 1 rings (SSSR count). The Labute approximate surface area is 115 Å². The van der Waals surface area contributed by atoms with Crippen LogP contribution in [0.5, 0.6) is 0 Å². The standard InChI is InChI=1S/C11H25N3O4S/c1-17-8-6-13(7-9-18-2)19(15,16)14-5-3-4-11(12)10-14/h11H,3-10,12H2,1-2H3. The first-order chi connectivity index (χ1) is 9.02. The van der Waals surface area contributed by atoms with E-state index in [9.17, 15) is 8.42 Å². The number of hydrogen-bond acceptors (Lipinski definition) is 5. The molecule has 114 valence electrons. The predicted molar refractivity (Wildman–Crippen MR) is 73.0 cm³/mol. The molecule has 0 bridgehead atoms. The Hall–Kier alpha value is -0.250. The highest BCUT2D eigenvalue weighted by Crippen LogP contribution is 2.15. The third-order valence-corrected chi connectivity index (χ3v) is 5.16. The minimum atomic E-state index is -3.47. The van der Waals surface area contributed by atoms with Crippen molar-refractivity contribution in [1.82, 2.24) is 8.61 Å². The van der Waals surface area contributed by atoms with E-state index in [-0.39, 0.29) is 6.04 Å². The monoisotopic (exact) mass is 295 g/mol. The van der Waals surface area contributed by atoms with Crippen LogP contribution < -0.4 is 5.73 Å². The summed E-state index contributed by atoms with van der Waals surface area (Å²) in [7, 11) is -0.368. The van der Waals surface area contributed by atoms with E-state index in [1.807, 2.05) is 0 Å². The van der Waals surface area contributed by atoms with Crippen LogP contribution in [0.4, 0.5) is 0 Å². The molecule has 0 saturated carbocycles. The van der Waals surface area contributed by atoms with E-state index in [1.54, 1.807) is 14.2 Å². The molecule has 2 N–H and O–H groups in total. The van der Waals surface area contributed by atoms with Gasteiger partial charge in [-0.1, -0.05) is 0 Å². The van der Waals surface area contributed by atoms with Gasteiger partial charge in [0.05, 0.1) is 13.2 Å². The van der Waals surface area contributed by atoms with Gasteiger partial charge in [-0.05, 0) is 12.8 Å². The van der Waals surface area contributed by atoms with Gasteiger partial charge in [-0.2, -0.15) is 17.0 Å². The van der Waals surface area contributed by atoms with Gasteiger partial charge in [0.15, 0.2) is 0 Å². The van der Waals surface area contributed by atoms with Crippen LogP contribution >= 0.6 is 0 Å². The third kappa shape index (κ3) is 4.97. The van der Waals surface area contributed by atoms with Crippen LogP contribution in [-0.4, -0.2) is 76.7 Å². The molecule has 1 aliphatic rings. The topological polar surface area (TPSA) is 85.1 Å². The molecule has 0 aromatic heterocycles. The van der Waals surface area contributed by atoms with Crippen molar-refractivity contribution in [3.05, 3.63) is 0 Å². The van der Waals surface area contributed by atoms with Crippen molar-refractivity contribution < 1.29 is 17.9 Å². The molecule has 0 amide bonds. The van der Waals surface area contributed by atoms with Gasteiger partial charge in [0.1, 0.15) is 0 Å². The van der Waals surface area contributed by atoms with E-state index >= 15 is 0 Å². The maximum atomic E-state index is 12.5. The fourth-order valence-electron chi connectivity index (χ4n) is 2.08. The molecule has 1 saturated heterocycles. The fraction of sp³-hybridized carbons (Fsp3) is 1.00. The molecule has 8 heteroatoms. The summed E-state index contributed by atoms with van der Waals surface area (Å²) in [6, 6.07) is -0.0739. The van der Waals surface area contributed by atoms with E-state index in [1.165, 1.54) is 8.61 Å². The molecule has 0 aliphatic carbocycles. The van der Waals surface area contributed by atoms with Gasteiger partial charge in [-0.3, -0.25) is 0 Å². The van der Waals surface area contributed by atoms with Crippen LogP contribution in [0.3, 0.4) is 0 Å². The summed E-state index contributed by atoms with van der Waals surface area (Å²) in [5.41, 5.74) is 5.85. The molecule has 0 aromatic carbocycles. The van der Waals surface area contributed by atoms with Gasteiger partial charge >= 0.3 is 0 Å². The van der Waals surface area contributed by atoms with Gasteiger partial charge in [-0.25, -0.2) is 0 Å². The van der Waals surface area contributed by atoms with E-state index in [4.69, 9.17) is 15.2 Å². The summed E-state index contributed by atoms with van der Waals surface area (Å²) in [5.74, 6) is 0. The first kappa shape index (κ1) is 16.8. The first-order valence-corrected chi connectivity index (χ1v) is 7.90. The first-order valence-electron chi connectivity index (χ1n) is 6.51. The molecule has 0 spiro atoms. The van der Waals surface area contributed by atoms with Gasteiger partial charge in [0.2, 0.25) is 0 Å². The molecular formula is C11H25N3O4S. The average molecular weight is 295 g/mol. The van der Waals surface area contributed by atoms with E-state index in [2.05, 4.69) is 0 Å². The summed E-state index contributed by atoms with van der Waals surface area (Å²) in [6.45, 7) is 2.30. The predicted octanol–water partition coefficient (Wildman–Crippen LogP) is -0.751. The Kier molecular flexibility index (Phi) is 7.19. The molecule has 1 atom stereocenters. The van der Waals surface area contributed by atoms with Crippen molar-refractivity contribution in [3.8, 4) is 0 Å². The second-order valence-electron chi connectivity index (χ2n) is 4.65. The Morgan fingerprint density at radius 3 is 2.32 bits per heavy atom. The fourth-order valence-corrected chi connectivity index (χ4v) is 3.75. The Morgan fingerprint density at radius 1 is 1.26 bits per heavy atom. The molecular weight excluding hydrogens is 270 g/mol. The minimum Gasteiger partial charge on any atom is -0.383 e. The maximum absolute atomic E-state index is 12.5. The summed E-state index contributed by atoms with van der Waals surface area (Å²) < 4.78 is 37.9. The van der Waals surface area contributed by atoms with Crippen LogP contribution in [0.1, 0.15) is 12.8 Å². The lowest BCUT2D eigenvalue weighted by atomic mass is 10.1. The molecule has 1 aliphatic heterocycles. The maximum Gasteiger partial charge on any atom is 0.282 e. The van der Waals surface area contributed by atoms with Gasteiger partial charge in [-0.15, -0.1) is 0 Å². The number of nitrogens with zero attached hydrogens (tertiary/aromatic N) is 2. The second kappa shape index (κ2) is 8.13. The summed E-state index contributed by atoms with van der Waals surface area (Å²) in [4.78, 5) is 0. The van der Waals surface area contributed by atoms with Crippen LogP contribution in [0.2, 0.25) is 0 Å². The van der Waals surface area contributed by atoms with Crippen molar-refractivity contribution in [2.45, 2.75) is 18.9 Å². The SMILES string of the molecule is COCCN(CCOC)S(=O)(=O)N1CCCC(N)C1. The van der Waals surface area contributed by atoms with Crippen LogP contribution in [0.25, 0.3) is 0 Å². The van der Waals surface area contributed by atoms with Crippen molar-refractivity contribution in [3.63, 3.8) is 0 Å². The normalized spacial score (nSPS) is 22.0. The molecule has 1 heterocycles. The zero-order valence-corrected chi connectivity index (χ0v) is 12.6. The molecule has 0 aromatic rings. The van der Waals surface area contributed by atoms with Gasteiger partial charge < -0.3 is 15.2 Å². The average Bonchev–Trinajstić information content (AvgIpc) is 2.38. The highest BCUT2D eigenvalue weighted by molar-refractivity contribution is 7.86.